The number of nitrogens with zero attached hydrogens (tertiary/aromatic N) is 2. The van der Waals surface area contributed by atoms with Gasteiger partial charge in [-0.25, -0.2) is 4.98 Å². The Kier molecular flexibility index (Phi) is 2.70. The summed E-state index contributed by atoms with van der Waals surface area (Å²) < 4.78 is 1.44. The zero-order valence-electron chi connectivity index (χ0n) is 6.98. The van der Waals surface area contributed by atoms with E-state index in [4.69, 9.17) is 0 Å². The van der Waals surface area contributed by atoms with Gasteiger partial charge in [-0.1, -0.05) is 0 Å². The summed E-state index contributed by atoms with van der Waals surface area (Å²) in [6.07, 6.45) is 1.58. The van der Waals surface area contributed by atoms with E-state index in [1.165, 1.54) is 16.0 Å². The average Bonchev–Trinajstić information content (AvgIpc) is 1.96. The Hall–Kier alpha value is -1.03. The van der Waals surface area contributed by atoms with Crippen molar-refractivity contribution in [2.24, 2.45) is 0 Å². The predicted octanol–water partition coefficient (Wildman–Crippen LogP) is 1.22. The SMILES string of the molecule is Cc1cc(=O)n(/C=C\S)c(C)n1. The Balaban J connectivity index is 3.38. The molecule has 1 aromatic heterocycles. The highest BCUT2D eigenvalue weighted by molar-refractivity contribution is 7.83. The van der Waals surface area contributed by atoms with Crippen molar-refractivity contribution in [3.63, 3.8) is 0 Å². The smallest absolute Gasteiger partial charge is 0.257 e. The molecule has 1 aromatic rings. The zero-order chi connectivity index (χ0) is 9.14. The van der Waals surface area contributed by atoms with Gasteiger partial charge in [-0.05, 0) is 19.3 Å². The van der Waals surface area contributed by atoms with Gasteiger partial charge in [0.2, 0.25) is 0 Å². The Morgan fingerprint density at radius 2 is 2.25 bits per heavy atom. The fraction of sp³-hybridized carbons (Fsp3) is 0.250. The Labute approximate surface area is 76.2 Å². The highest BCUT2D eigenvalue weighted by Crippen LogP contribution is 1.94. The van der Waals surface area contributed by atoms with E-state index < -0.39 is 0 Å². The van der Waals surface area contributed by atoms with Gasteiger partial charge in [0, 0.05) is 18.0 Å². The first kappa shape index (κ1) is 9.06. The lowest BCUT2D eigenvalue weighted by molar-refractivity contribution is 0.892. The van der Waals surface area contributed by atoms with Crippen LogP contribution in [-0.4, -0.2) is 9.55 Å². The molecule has 64 valence electrons. The van der Waals surface area contributed by atoms with Crippen LogP contribution in [-0.2, 0) is 0 Å². The Bertz CT molecular complexity index is 368. The molecule has 1 rings (SSSR count). The van der Waals surface area contributed by atoms with Crippen LogP contribution in [0.25, 0.3) is 6.20 Å². The second kappa shape index (κ2) is 3.58. The Morgan fingerprint density at radius 1 is 1.58 bits per heavy atom. The summed E-state index contributed by atoms with van der Waals surface area (Å²) in [6, 6.07) is 1.49. The van der Waals surface area contributed by atoms with Crippen LogP contribution >= 0.6 is 12.6 Å². The lowest BCUT2D eigenvalue weighted by Crippen LogP contribution is -2.18. The lowest BCUT2D eigenvalue weighted by Gasteiger charge is -2.02. The fourth-order valence-electron chi connectivity index (χ4n) is 0.997. The maximum Gasteiger partial charge on any atom is 0.257 e. The molecule has 1 heterocycles. The molecule has 0 bridgehead atoms. The van der Waals surface area contributed by atoms with Gasteiger partial charge in [-0.3, -0.25) is 9.36 Å². The van der Waals surface area contributed by atoms with Crippen LogP contribution in [0.2, 0.25) is 0 Å². The summed E-state index contributed by atoms with van der Waals surface area (Å²) in [5.74, 6) is 0.672. The number of hydrogen-bond donors (Lipinski definition) is 1. The van der Waals surface area contributed by atoms with Crippen molar-refractivity contribution in [2.45, 2.75) is 13.8 Å². The normalized spacial score (nSPS) is 10.9. The van der Waals surface area contributed by atoms with Gasteiger partial charge < -0.3 is 0 Å². The van der Waals surface area contributed by atoms with Crippen molar-refractivity contribution in [1.82, 2.24) is 9.55 Å². The molecule has 0 radical (unpaired) electrons. The van der Waals surface area contributed by atoms with Crippen LogP contribution in [0.3, 0.4) is 0 Å². The molecule has 0 saturated carbocycles. The van der Waals surface area contributed by atoms with Gasteiger partial charge in [0.25, 0.3) is 5.56 Å². The lowest BCUT2D eigenvalue weighted by atomic mass is 10.4. The van der Waals surface area contributed by atoms with Crippen LogP contribution in [0.4, 0.5) is 0 Å². The van der Waals surface area contributed by atoms with Crippen LogP contribution in [0.15, 0.2) is 16.3 Å². The van der Waals surface area contributed by atoms with Crippen LogP contribution in [0, 0.1) is 13.8 Å². The number of aryl methyl sites for hydroxylation is 2. The maximum atomic E-state index is 11.3. The first-order valence-corrected chi connectivity index (χ1v) is 4.04. The van der Waals surface area contributed by atoms with E-state index in [-0.39, 0.29) is 5.56 Å². The van der Waals surface area contributed by atoms with Gasteiger partial charge in [0.1, 0.15) is 5.82 Å². The molecule has 0 fully saturated rings. The third-order valence-electron chi connectivity index (χ3n) is 1.47. The molecule has 0 aliphatic rings. The second-order valence-corrected chi connectivity index (χ2v) is 2.75. The number of aromatic nitrogens is 2. The van der Waals surface area contributed by atoms with Crippen molar-refractivity contribution < 1.29 is 0 Å². The molecule has 0 N–H and O–H groups in total. The Morgan fingerprint density at radius 3 is 2.75 bits per heavy atom. The molecule has 3 nitrogen and oxygen atoms in total. The third kappa shape index (κ3) is 1.76. The molecule has 0 amide bonds. The molecule has 0 saturated heterocycles. The molecule has 0 aliphatic heterocycles. The highest BCUT2D eigenvalue weighted by Gasteiger charge is 1.97. The van der Waals surface area contributed by atoms with Gasteiger partial charge in [0.05, 0.1) is 0 Å². The summed E-state index contributed by atoms with van der Waals surface area (Å²) >= 11 is 3.88. The molecule has 12 heavy (non-hydrogen) atoms. The monoisotopic (exact) mass is 182 g/mol. The van der Waals surface area contributed by atoms with Crippen LogP contribution in [0.1, 0.15) is 11.5 Å². The number of hydrogen-bond acceptors (Lipinski definition) is 3. The maximum absolute atomic E-state index is 11.3. The molecule has 0 unspecified atom stereocenters. The molecule has 0 aromatic carbocycles. The van der Waals surface area contributed by atoms with Crippen LogP contribution < -0.4 is 5.56 Å². The average molecular weight is 182 g/mol. The quantitative estimate of drug-likeness (QED) is 0.663. The van der Waals surface area contributed by atoms with E-state index in [0.717, 1.165) is 5.69 Å². The summed E-state index contributed by atoms with van der Waals surface area (Å²) in [6.45, 7) is 3.57. The van der Waals surface area contributed by atoms with Crippen molar-refractivity contribution in [1.29, 1.82) is 0 Å². The largest absolute Gasteiger partial charge is 0.271 e. The molecular formula is C8H10N2OS. The third-order valence-corrected chi connectivity index (χ3v) is 1.61. The van der Waals surface area contributed by atoms with E-state index >= 15 is 0 Å². The van der Waals surface area contributed by atoms with Crippen molar-refractivity contribution >= 4 is 18.8 Å². The van der Waals surface area contributed by atoms with E-state index in [2.05, 4.69) is 17.6 Å². The first-order chi connectivity index (χ1) is 5.65. The minimum Gasteiger partial charge on any atom is -0.271 e. The minimum atomic E-state index is -0.0784. The van der Waals surface area contributed by atoms with E-state index in [9.17, 15) is 4.79 Å². The second-order valence-electron chi connectivity index (χ2n) is 2.45. The van der Waals surface area contributed by atoms with E-state index in [1.54, 1.807) is 20.0 Å². The van der Waals surface area contributed by atoms with Crippen molar-refractivity contribution in [2.75, 3.05) is 0 Å². The van der Waals surface area contributed by atoms with Crippen molar-refractivity contribution in [3.05, 3.63) is 33.3 Å². The predicted molar refractivity (Wildman–Crippen MR) is 52.3 cm³/mol. The minimum absolute atomic E-state index is 0.0784. The first-order valence-electron chi connectivity index (χ1n) is 3.53. The van der Waals surface area contributed by atoms with Gasteiger partial charge >= 0.3 is 0 Å². The fourth-order valence-corrected chi connectivity index (χ4v) is 1.13. The summed E-state index contributed by atoms with van der Waals surface area (Å²) in [7, 11) is 0. The number of rotatable bonds is 1. The van der Waals surface area contributed by atoms with E-state index in [1.807, 2.05) is 0 Å². The van der Waals surface area contributed by atoms with E-state index in [0.29, 0.717) is 5.82 Å². The molecule has 0 aliphatic carbocycles. The highest BCUT2D eigenvalue weighted by atomic mass is 32.1. The standard InChI is InChI=1S/C8H10N2OS/c1-6-5-8(11)10(3-4-12)7(2)9-6/h3-5,12H,1-2H3/b4-3-. The van der Waals surface area contributed by atoms with Gasteiger partial charge in [0.15, 0.2) is 0 Å². The topological polar surface area (TPSA) is 34.9 Å². The molecular weight excluding hydrogens is 172 g/mol. The molecule has 4 heteroatoms. The molecule has 0 atom stereocenters. The van der Waals surface area contributed by atoms with Gasteiger partial charge in [-0.2, -0.15) is 0 Å². The van der Waals surface area contributed by atoms with Crippen molar-refractivity contribution in [3.8, 4) is 0 Å². The number of thiol groups is 1. The summed E-state index contributed by atoms with van der Waals surface area (Å²) in [5, 5.41) is 1.51. The summed E-state index contributed by atoms with van der Waals surface area (Å²) in [4.78, 5) is 15.4. The summed E-state index contributed by atoms with van der Waals surface area (Å²) in [5.41, 5.74) is 0.659. The molecule has 0 spiro atoms. The zero-order valence-corrected chi connectivity index (χ0v) is 7.88. The van der Waals surface area contributed by atoms with Crippen LogP contribution in [0.5, 0.6) is 0 Å². The van der Waals surface area contributed by atoms with Gasteiger partial charge in [-0.15, -0.1) is 12.6 Å².